The van der Waals surface area contributed by atoms with E-state index < -0.39 is 11.2 Å². The lowest BCUT2D eigenvalue weighted by molar-refractivity contribution is 0.0161. The molecule has 0 aliphatic carbocycles. The molecule has 10 nitrogen and oxygen atoms in total. The van der Waals surface area contributed by atoms with Crippen molar-refractivity contribution in [1.82, 2.24) is 9.80 Å². The number of likely N-dealkylation sites (tertiary alicyclic amines) is 2. The van der Waals surface area contributed by atoms with Crippen LogP contribution in [0.25, 0.3) is 0 Å². The second kappa shape index (κ2) is 12.1. The predicted molar refractivity (Wildman–Crippen MR) is 184 cm³/mol. The number of hydrogen-bond acceptors (Lipinski definition) is 8. The number of fused-ring (bicyclic) bond motifs is 7. The molecule has 0 radical (unpaired) electrons. The lowest BCUT2D eigenvalue weighted by Gasteiger charge is -2.40. The molecule has 0 saturated carbocycles. The van der Waals surface area contributed by atoms with Gasteiger partial charge in [0.25, 0.3) is 0 Å². The minimum atomic E-state index is -0.439. The summed E-state index contributed by atoms with van der Waals surface area (Å²) in [4.78, 5) is 28.3. The first kappa shape index (κ1) is 33.0. The van der Waals surface area contributed by atoms with Gasteiger partial charge in [-0.15, -0.1) is 0 Å². The molecule has 260 valence electrons. The summed E-state index contributed by atoms with van der Waals surface area (Å²) in [6.07, 6.45) is 3.53. The molecule has 6 aliphatic heterocycles. The number of rotatable bonds is 0. The Morgan fingerprint density at radius 3 is 1.77 bits per heavy atom. The van der Waals surface area contributed by atoms with E-state index in [0.717, 1.165) is 91.4 Å². The fourth-order valence-electron chi connectivity index (χ4n) is 8.29. The van der Waals surface area contributed by atoms with Crippen LogP contribution in [0, 0.1) is 0 Å². The second-order valence-electron chi connectivity index (χ2n) is 16.5. The zero-order chi connectivity index (χ0) is 33.9. The van der Waals surface area contributed by atoms with E-state index in [2.05, 4.69) is 34.9 Å². The normalized spacial score (nSPS) is 21.4. The highest BCUT2D eigenvalue weighted by Gasteiger charge is 2.46. The first-order chi connectivity index (χ1) is 22.7. The third-order valence-electron chi connectivity index (χ3n) is 10.8. The van der Waals surface area contributed by atoms with Crippen LogP contribution in [-0.2, 0) is 56.2 Å². The van der Waals surface area contributed by atoms with Gasteiger partial charge in [0.1, 0.15) is 11.2 Å². The molecular formula is C38H52N4O6. The fraction of sp³-hybridized carbons (Fsp3) is 0.632. The number of benzene rings is 2. The van der Waals surface area contributed by atoms with Crippen molar-refractivity contribution in [3.05, 3.63) is 57.6 Å². The van der Waals surface area contributed by atoms with Crippen molar-refractivity contribution >= 4 is 23.6 Å². The van der Waals surface area contributed by atoms with E-state index in [0.29, 0.717) is 0 Å². The summed E-state index contributed by atoms with van der Waals surface area (Å²) in [7, 11) is 0. The van der Waals surface area contributed by atoms with Crippen LogP contribution in [0.4, 0.5) is 21.0 Å². The summed E-state index contributed by atoms with van der Waals surface area (Å²) in [6, 6.07) is 8.97. The Kier molecular flexibility index (Phi) is 8.34. The van der Waals surface area contributed by atoms with Crippen LogP contribution in [-0.4, -0.2) is 72.5 Å². The fourth-order valence-corrected chi connectivity index (χ4v) is 8.29. The number of nitrogens with one attached hydrogen (secondary N) is 2. The highest BCUT2D eigenvalue weighted by Crippen LogP contribution is 2.48. The molecule has 0 atom stereocenters. The lowest BCUT2D eigenvalue weighted by atomic mass is 9.72. The Balaban J connectivity index is 0.000000152. The smallest absolute Gasteiger partial charge is 0.410 e. The Morgan fingerprint density at radius 1 is 0.667 bits per heavy atom. The first-order valence-corrected chi connectivity index (χ1v) is 17.6. The van der Waals surface area contributed by atoms with Crippen LogP contribution in [0.2, 0.25) is 0 Å². The van der Waals surface area contributed by atoms with E-state index in [4.69, 9.17) is 18.9 Å². The van der Waals surface area contributed by atoms with Gasteiger partial charge in [-0.3, -0.25) is 0 Å². The van der Waals surface area contributed by atoms with Crippen LogP contribution in [0.15, 0.2) is 24.3 Å². The average Bonchev–Trinajstić information content (AvgIpc) is 3.82. The van der Waals surface area contributed by atoms with Crippen molar-refractivity contribution in [2.24, 2.45) is 0 Å². The maximum Gasteiger partial charge on any atom is 0.410 e. The monoisotopic (exact) mass is 660 g/mol. The molecule has 2 spiro atoms. The molecule has 48 heavy (non-hydrogen) atoms. The molecule has 2 aromatic carbocycles. The number of piperidine rings is 2. The lowest BCUT2D eigenvalue weighted by Crippen LogP contribution is -2.47. The van der Waals surface area contributed by atoms with E-state index >= 15 is 0 Å². The quantitative estimate of drug-likeness (QED) is 0.318. The topological polar surface area (TPSA) is 102 Å². The van der Waals surface area contributed by atoms with Crippen molar-refractivity contribution < 1.29 is 28.5 Å². The zero-order valence-electron chi connectivity index (χ0n) is 29.6. The summed E-state index contributed by atoms with van der Waals surface area (Å²) < 4.78 is 22.3. The van der Waals surface area contributed by atoms with Crippen molar-refractivity contribution in [3.8, 4) is 0 Å². The van der Waals surface area contributed by atoms with Crippen molar-refractivity contribution in [3.63, 3.8) is 0 Å². The molecule has 2 N–H and O–H groups in total. The van der Waals surface area contributed by atoms with Crippen molar-refractivity contribution in [2.45, 2.75) is 116 Å². The predicted octanol–water partition coefficient (Wildman–Crippen LogP) is 6.82. The standard InChI is InChI=1S/2C19H26N2O3/c1-18(2,3)24-17(22)21-6-4-19(5-7-21)12-20-16-9-14-11-23-10-13(14)8-15(16)19;1-18(2,3)24-17(22)21-8-6-19(7-9-21)12-20-15-5-4-13-10-23-11-14(13)16(15)19/h8-9,20H,4-7,10-12H2,1-3H3;4-5,20H,6-12H2,1-3H3. The molecule has 2 aromatic rings. The molecule has 0 aromatic heterocycles. The van der Waals surface area contributed by atoms with Crippen LogP contribution in [0.1, 0.15) is 101 Å². The third-order valence-corrected chi connectivity index (χ3v) is 10.8. The Labute approximate surface area is 284 Å². The first-order valence-electron chi connectivity index (χ1n) is 17.6. The van der Waals surface area contributed by atoms with Crippen LogP contribution in [0.3, 0.4) is 0 Å². The summed E-state index contributed by atoms with van der Waals surface area (Å²) >= 11 is 0. The van der Waals surface area contributed by atoms with Crippen LogP contribution < -0.4 is 10.6 Å². The van der Waals surface area contributed by atoms with E-state index in [-0.39, 0.29) is 23.0 Å². The van der Waals surface area contributed by atoms with E-state index in [1.165, 1.54) is 44.8 Å². The summed E-state index contributed by atoms with van der Waals surface area (Å²) in [5.74, 6) is 0. The van der Waals surface area contributed by atoms with Gasteiger partial charge in [0.15, 0.2) is 0 Å². The SMILES string of the molecule is CC(C)(C)OC(=O)N1CCC2(CC1)CNc1cc3c(cc12)COC3.CC(C)(C)OC(=O)N1CCC2(CC1)CNc1ccc3c(c12)COC3. The molecule has 2 saturated heterocycles. The highest BCUT2D eigenvalue weighted by molar-refractivity contribution is 5.70. The maximum absolute atomic E-state index is 12.3. The summed E-state index contributed by atoms with van der Waals surface area (Å²) in [5.41, 5.74) is 10.1. The van der Waals surface area contributed by atoms with Crippen molar-refractivity contribution in [1.29, 1.82) is 0 Å². The average molecular weight is 661 g/mol. The number of amides is 2. The second-order valence-corrected chi connectivity index (χ2v) is 16.5. The van der Waals surface area contributed by atoms with Gasteiger partial charge in [-0.2, -0.15) is 0 Å². The van der Waals surface area contributed by atoms with Gasteiger partial charge in [-0.25, -0.2) is 9.59 Å². The van der Waals surface area contributed by atoms with Gasteiger partial charge in [0, 0.05) is 61.5 Å². The number of hydrogen-bond donors (Lipinski definition) is 2. The molecule has 2 amide bonds. The molecule has 2 fully saturated rings. The number of carbonyl (C=O) groups excluding carboxylic acids is 2. The van der Waals surface area contributed by atoms with Crippen molar-refractivity contribution in [2.75, 3.05) is 49.9 Å². The molecule has 8 rings (SSSR count). The number of anilines is 2. The van der Waals surface area contributed by atoms with Crippen LogP contribution >= 0.6 is 0 Å². The molecule has 6 aliphatic rings. The largest absolute Gasteiger partial charge is 0.444 e. The summed E-state index contributed by atoms with van der Waals surface area (Å²) in [6.45, 7) is 19.3. The number of nitrogens with zero attached hydrogens (tertiary/aromatic N) is 2. The molecule has 0 bridgehead atoms. The van der Waals surface area contributed by atoms with E-state index in [1.807, 2.05) is 51.3 Å². The summed E-state index contributed by atoms with van der Waals surface area (Å²) in [5, 5.41) is 7.16. The molecule has 6 heterocycles. The Morgan fingerprint density at radius 2 is 1.17 bits per heavy atom. The van der Waals surface area contributed by atoms with E-state index in [1.54, 1.807) is 0 Å². The molecule has 0 unspecified atom stereocenters. The van der Waals surface area contributed by atoms with Gasteiger partial charge in [-0.1, -0.05) is 12.1 Å². The van der Waals surface area contributed by atoms with E-state index in [9.17, 15) is 9.59 Å². The third kappa shape index (κ3) is 6.33. The van der Waals surface area contributed by atoms with Gasteiger partial charge in [-0.05, 0) is 113 Å². The van der Waals surface area contributed by atoms with Crippen LogP contribution in [0.5, 0.6) is 0 Å². The number of carbonyl (C=O) groups is 2. The number of ether oxygens (including phenoxy) is 4. The molecular weight excluding hydrogens is 608 g/mol. The zero-order valence-corrected chi connectivity index (χ0v) is 29.6. The Bertz CT molecular complexity index is 1570. The van der Waals surface area contributed by atoms with Gasteiger partial charge >= 0.3 is 12.2 Å². The highest BCUT2D eigenvalue weighted by atomic mass is 16.6. The Hall–Kier alpha value is -3.50. The molecule has 10 heteroatoms. The van der Waals surface area contributed by atoms with Gasteiger partial charge < -0.3 is 39.4 Å². The maximum atomic E-state index is 12.3. The van der Waals surface area contributed by atoms with Gasteiger partial charge in [0.05, 0.1) is 26.4 Å². The minimum absolute atomic E-state index is 0.132. The minimum Gasteiger partial charge on any atom is -0.444 e. The van der Waals surface area contributed by atoms with Gasteiger partial charge in [0.2, 0.25) is 0 Å².